The van der Waals surface area contributed by atoms with Crippen molar-refractivity contribution in [3.63, 3.8) is 0 Å². The molecule has 0 aliphatic carbocycles. The second-order valence-corrected chi connectivity index (χ2v) is 4.74. The standard InChI is InChI=1S/C14H12ClN5O/c1-10-12(9-21-14-8-7-13(15)17-18-14)20(19-16-10)11-5-3-2-4-6-11/h2-8H,9H2,1H3. The molecule has 2 aromatic heterocycles. The largest absolute Gasteiger partial charge is 0.470 e. The van der Waals surface area contributed by atoms with Crippen LogP contribution in [-0.4, -0.2) is 25.2 Å². The van der Waals surface area contributed by atoms with Crippen molar-refractivity contribution >= 4 is 11.6 Å². The molecule has 6 nitrogen and oxygen atoms in total. The highest BCUT2D eigenvalue weighted by Gasteiger charge is 2.12. The SMILES string of the molecule is Cc1nnn(-c2ccccc2)c1COc1ccc(Cl)nn1. The second kappa shape index (κ2) is 5.88. The molecular weight excluding hydrogens is 290 g/mol. The molecule has 0 aliphatic heterocycles. The van der Waals surface area contributed by atoms with Crippen LogP contribution in [0.4, 0.5) is 0 Å². The predicted molar refractivity (Wildman–Crippen MR) is 77.5 cm³/mol. The number of hydrogen-bond acceptors (Lipinski definition) is 5. The average Bonchev–Trinajstić information content (AvgIpc) is 2.89. The predicted octanol–water partition coefficient (Wildman–Crippen LogP) is 2.60. The summed E-state index contributed by atoms with van der Waals surface area (Å²) in [6.07, 6.45) is 0. The van der Waals surface area contributed by atoms with Crippen molar-refractivity contribution in [2.45, 2.75) is 13.5 Å². The van der Waals surface area contributed by atoms with Gasteiger partial charge < -0.3 is 4.74 Å². The van der Waals surface area contributed by atoms with Crippen LogP contribution in [0.2, 0.25) is 5.15 Å². The Kier molecular flexibility index (Phi) is 3.79. The van der Waals surface area contributed by atoms with Gasteiger partial charge >= 0.3 is 0 Å². The maximum Gasteiger partial charge on any atom is 0.233 e. The van der Waals surface area contributed by atoms with Gasteiger partial charge in [-0.15, -0.1) is 15.3 Å². The number of ether oxygens (including phenoxy) is 1. The highest BCUT2D eigenvalue weighted by molar-refractivity contribution is 6.29. The number of halogens is 1. The smallest absolute Gasteiger partial charge is 0.233 e. The molecule has 0 amide bonds. The summed E-state index contributed by atoms with van der Waals surface area (Å²) in [4.78, 5) is 0. The summed E-state index contributed by atoms with van der Waals surface area (Å²) in [5.74, 6) is 0.402. The summed E-state index contributed by atoms with van der Waals surface area (Å²) in [6.45, 7) is 2.18. The van der Waals surface area contributed by atoms with E-state index in [1.807, 2.05) is 37.3 Å². The lowest BCUT2D eigenvalue weighted by molar-refractivity contribution is 0.281. The first kappa shape index (κ1) is 13.5. The maximum atomic E-state index is 5.69. The van der Waals surface area contributed by atoms with E-state index in [4.69, 9.17) is 16.3 Å². The van der Waals surface area contributed by atoms with Crippen LogP contribution in [0.1, 0.15) is 11.4 Å². The quantitative estimate of drug-likeness (QED) is 0.741. The summed E-state index contributed by atoms with van der Waals surface area (Å²) in [6, 6.07) is 13.1. The molecule has 7 heteroatoms. The van der Waals surface area contributed by atoms with Gasteiger partial charge in [-0.25, -0.2) is 4.68 Å². The summed E-state index contributed by atoms with van der Waals surface area (Å²) in [5, 5.41) is 16.2. The molecule has 0 saturated carbocycles. The molecule has 0 spiro atoms. The van der Waals surface area contributed by atoms with Crippen LogP contribution in [0.3, 0.4) is 0 Å². The fraction of sp³-hybridized carbons (Fsp3) is 0.143. The topological polar surface area (TPSA) is 65.7 Å². The minimum atomic E-state index is 0.296. The highest BCUT2D eigenvalue weighted by atomic mass is 35.5. The van der Waals surface area contributed by atoms with Crippen LogP contribution in [0.15, 0.2) is 42.5 Å². The van der Waals surface area contributed by atoms with E-state index in [1.54, 1.807) is 16.8 Å². The highest BCUT2D eigenvalue weighted by Crippen LogP contribution is 2.15. The Balaban J connectivity index is 1.82. The Hall–Kier alpha value is -2.47. The fourth-order valence-electron chi connectivity index (χ4n) is 1.84. The third-order valence-corrected chi connectivity index (χ3v) is 3.12. The second-order valence-electron chi connectivity index (χ2n) is 4.35. The van der Waals surface area contributed by atoms with Gasteiger partial charge in [0, 0.05) is 6.07 Å². The number of aromatic nitrogens is 5. The lowest BCUT2D eigenvalue weighted by Gasteiger charge is -2.08. The first-order chi connectivity index (χ1) is 10.2. The lowest BCUT2D eigenvalue weighted by Crippen LogP contribution is -2.07. The Bertz CT molecular complexity index is 727. The molecule has 21 heavy (non-hydrogen) atoms. The normalized spacial score (nSPS) is 10.6. The third kappa shape index (κ3) is 3.00. The molecule has 1 aromatic carbocycles. The summed E-state index contributed by atoms with van der Waals surface area (Å²) < 4.78 is 7.36. The van der Waals surface area contributed by atoms with Crippen molar-refractivity contribution in [3.8, 4) is 11.6 Å². The van der Waals surface area contributed by atoms with E-state index < -0.39 is 0 Å². The lowest BCUT2D eigenvalue weighted by atomic mass is 10.3. The zero-order valence-electron chi connectivity index (χ0n) is 11.3. The van der Waals surface area contributed by atoms with Gasteiger partial charge in [0.15, 0.2) is 5.15 Å². The number of aryl methyl sites for hydroxylation is 1. The van der Waals surface area contributed by atoms with Crippen molar-refractivity contribution in [2.75, 3.05) is 0 Å². The third-order valence-electron chi connectivity index (χ3n) is 2.92. The zero-order valence-corrected chi connectivity index (χ0v) is 12.0. The average molecular weight is 302 g/mol. The molecule has 0 fully saturated rings. The Morgan fingerprint density at radius 2 is 1.86 bits per heavy atom. The number of hydrogen-bond donors (Lipinski definition) is 0. The monoisotopic (exact) mass is 301 g/mol. The molecule has 0 aliphatic rings. The van der Waals surface area contributed by atoms with Crippen molar-refractivity contribution < 1.29 is 4.74 Å². The number of rotatable bonds is 4. The van der Waals surface area contributed by atoms with E-state index >= 15 is 0 Å². The number of nitrogens with zero attached hydrogens (tertiary/aromatic N) is 5. The molecular formula is C14H12ClN5O. The first-order valence-corrected chi connectivity index (χ1v) is 6.70. The minimum absolute atomic E-state index is 0.296. The van der Waals surface area contributed by atoms with Gasteiger partial charge in [0.1, 0.15) is 12.3 Å². The van der Waals surface area contributed by atoms with Gasteiger partial charge in [0.2, 0.25) is 5.88 Å². The van der Waals surface area contributed by atoms with Gasteiger partial charge in [-0.1, -0.05) is 35.0 Å². The van der Waals surface area contributed by atoms with Crippen LogP contribution in [-0.2, 0) is 6.61 Å². The molecule has 3 aromatic rings. The van der Waals surface area contributed by atoms with Gasteiger partial charge in [-0.3, -0.25) is 0 Å². The van der Waals surface area contributed by atoms with E-state index in [9.17, 15) is 0 Å². The van der Waals surface area contributed by atoms with E-state index in [2.05, 4.69) is 20.5 Å². The zero-order chi connectivity index (χ0) is 14.7. The molecule has 0 radical (unpaired) electrons. The molecule has 0 unspecified atom stereocenters. The van der Waals surface area contributed by atoms with E-state index in [-0.39, 0.29) is 0 Å². The summed E-state index contributed by atoms with van der Waals surface area (Å²) >= 11 is 5.69. The van der Waals surface area contributed by atoms with Gasteiger partial charge in [-0.2, -0.15) is 0 Å². The Morgan fingerprint density at radius 1 is 1.05 bits per heavy atom. The van der Waals surface area contributed by atoms with Crippen molar-refractivity contribution in [2.24, 2.45) is 0 Å². The molecule has 0 saturated heterocycles. The van der Waals surface area contributed by atoms with E-state index in [0.717, 1.165) is 17.1 Å². The van der Waals surface area contributed by atoms with Crippen LogP contribution >= 0.6 is 11.6 Å². The number of para-hydroxylation sites is 1. The van der Waals surface area contributed by atoms with Gasteiger partial charge in [0.25, 0.3) is 0 Å². The Labute approximate surface area is 126 Å². The van der Waals surface area contributed by atoms with Crippen LogP contribution < -0.4 is 4.74 Å². The van der Waals surface area contributed by atoms with Gasteiger partial charge in [0.05, 0.1) is 11.4 Å². The van der Waals surface area contributed by atoms with E-state index in [0.29, 0.717) is 17.6 Å². The molecule has 106 valence electrons. The molecule has 0 N–H and O–H groups in total. The van der Waals surface area contributed by atoms with Crippen LogP contribution in [0.25, 0.3) is 5.69 Å². The molecule has 0 bridgehead atoms. The van der Waals surface area contributed by atoms with Crippen molar-refractivity contribution in [1.29, 1.82) is 0 Å². The van der Waals surface area contributed by atoms with Crippen molar-refractivity contribution in [1.82, 2.24) is 25.2 Å². The fourth-order valence-corrected chi connectivity index (χ4v) is 1.94. The Morgan fingerprint density at radius 3 is 2.57 bits per heavy atom. The van der Waals surface area contributed by atoms with Crippen LogP contribution in [0.5, 0.6) is 5.88 Å². The van der Waals surface area contributed by atoms with Crippen molar-refractivity contribution in [3.05, 3.63) is 59.0 Å². The molecule has 2 heterocycles. The summed E-state index contributed by atoms with van der Waals surface area (Å²) in [7, 11) is 0. The molecule has 0 atom stereocenters. The maximum absolute atomic E-state index is 5.69. The number of benzene rings is 1. The first-order valence-electron chi connectivity index (χ1n) is 6.32. The van der Waals surface area contributed by atoms with Crippen LogP contribution in [0, 0.1) is 6.92 Å². The minimum Gasteiger partial charge on any atom is -0.470 e. The van der Waals surface area contributed by atoms with Gasteiger partial charge in [-0.05, 0) is 25.1 Å². The molecule has 3 rings (SSSR count). The van der Waals surface area contributed by atoms with E-state index in [1.165, 1.54) is 0 Å². The summed E-state index contributed by atoms with van der Waals surface area (Å²) in [5.41, 5.74) is 2.60.